The first-order valence-electron chi connectivity index (χ1n) is 13.2. The molecule has 3 aliphatic rings. The fourth-order valence-electron chi connectivity index (χ4n) is 6.24. The van der Waals surface area contributed by atoms with Gasteiger partial charge in [0.05, 0.1) is 6.04 Å². The van der Waals surface area contributed by atoms with Gasteiger partial charge in [-0.05, 0) is 55.5 Å². The van der Waals surface area contributed by atoms with Crippen LogP contribution in [0, 0.1) is 5.92 Å². The first kappa shape index (κ1) is 23.5. The number of carbonyl (C=O) groups is 3. The number of amides is 2. The molecule has 3 atom stereocenters. The third-order valence-corrected chi connectivity index (χ3v) is 7.96. The minimum Gasteiger partial charge on any atom is -0.332 e. The Morgan fingerprint density at radius 1 is 0.946 bits per heavy atom. The van der Waals surface area contributed by atoms with Crippen LogP contribution >= 0.6 is 0 Å². The fourth-order valence-corrected chi connectivity index (χ4v) is 6.24. The zero-order valence-electron chi connectivity index (χ0n) is 20.7. The molecule has 6 rings (SSSR count). The summed E-state index contributed by atoms with van der Waals surface area (Å²) in [4.78, 5) is 51.0. The predicted molar refractivity (Wildman–Crippen MR) is 140 cm³/mol. The van der Waals surface area contributed by atoms with Crippen molar-refractivity contribution in [1.29, 1.82) is 0 Å². The lowest BCUT2D eigenvalue weighted by Crippen LogP contribution is -2.52. The number of hydrogen-bond donors (Lipinski definition) is 0. The maximum Gasteiger partial charge on any atom is 0.258 e. The molecule has 7 heteroatoms. The van der Waals surface area contributed by atoms with Crippen LogP contribution in [-0.2, 0) is 9.59 Å². The van der Waals surface area contributed by atoms with Crippen molar-refractivity contribution in [3.8, 4) is 11.4 Å². The van der Waals surface area contributed by atoms with E-state index in [2.05, 4.69) is 20.9 Å². The third-order valence-electron chi connectivity index (χ3n) is 7.96. The summed E-state index contributed by atoms with van der Waals surface area (Å²) in [6.07, 6.45) is 9.65. The van der Waals surface area contributed by atoms with Gasteiger partial charge >= 0.3 is 0 Å². The number of rotatable bonds is 7. The summed E-state index contributed by atoms with van der Waals surface area (Å²) in [6.45, 7) is 0. The summed E-state index contributed by atoms with van der Waals surface area (Å²) >= 11 is 0. The average molecular weight is 495 g/mol. The van der Waals surface area contributed by atoms with Crippen LogP contribution < -0.4 is 4.90 Å². The molecule has 3 aromatic rings. The molecule has 7 nitrogen and oxygen atoms in total. The van der Waals surface area contributed by atoms with Crippen molar-refractivity contribution < 1.29 is 14.4 Å². The Morgan fingerprint density at radius 3 is 2.43 bits per heavy atom. The number of carbonyl (C=O) groups excluding carboxylic acids is 3. The van der Waals surface area contributed by atoms with E-state index in [4.69, 9.17) is 0 Å². The van der Waals surface area contributed by atoms with E-state index in [9.17, 15) is 14.4 Å². The van der Waals surface area contributed by atoms with Gasteiger partial charge in [0.25, 0.3) is 5.91 Å². The van der Waals surface area contributed by atoms with Crippen molar-refractivity contribution in [3.05, 3.63) is 78.1 Å². The monoisotopic (exact) mass is 494 g/mol. The summed E-state index contributed by atoms with van der Waals surface area (Å²) in [5.74, 6) is 0.840. The van der Waals surface area contributed by atoms with Crippen molar-refractivity contribution in [1.82, 2.24) is 14.9 Å². The van der Waals surface area contributed by atoms with E-state index in [1.54, 1.807) is 18.5 Å². The van der Waals surface area contributed by atoms with Crippen LogP contribution in [0.5, 0.6) is 0 Å². The second kappa shape index (κ2) is 9.88. The van der Waals surface area contributed by atoms with E-state index in [0.29, 0.717) is 11.4 Å². The number of aromatic nitrogens is 2. The predicted octanol–water partition coefficient (Wildman–Crippen LogP) is 4.98. The van der Waals surface area contributed by atoms with E-state index in [1.807, 2.05) is 47.4 Å². The highest BCUT2D eigenvalue weighted by Crippen LogP contribution is 2.52. The second-order valence-electron chi connectivity index (χ2n) is 10.2. The number of nitrogens with zero attached hydrogens (tertiary/aromatic N) is 4. The van der Waals surface area contributed by atoms with Gasteiger partial charge in [0.15, 0.2) is 5.82 Å². The molecule has 1 aromatic heterocycles. The van der Waals surface area contributed by atoms with Crippen molar-refractivity contribution in [3.63, 3.8) is 0 Å². The Labute approximate surface area is 216 Å². The second-order valence-corrected chi connectivity index (χ2v) is 10.2. The molecule has 0 saturated heterocycles. The van der Waals surface area contributed by atoms with E-state index < -0.39 is 0 Å². The van der Waals surface area contributed by atoms with Gasteiger partial charge < -0.3 is 14.6 Å². The van der Waals surface area contributed by atoms with Crippen molar-refractivity contribution >= 4 is 23.8 Å². The molecule has 2 amide bonds. The van der Waals surface area contributed by atoms with Crippen LogP contribution in [0.25, 0.3) is 11.4 Å². The molecule has 2 fully saturated rings. The third kappa shape index (κ3) is 4.32. The summed E-state index contributed by atoms with van der Waals surface area (Å²) in [7, 11) is 0. The summed E-state index contributed by atoms with van der Waals surface area (Å²) in [5.41, 5.74) is 3.42. The molecule has 0 bridgehead atoms. The Kier molecular flexibility index (Phi) is 6.28. The smallest absolute Gasteiger partial charge is 0.258 e. The molecular formula is C30H30N4O3. The standard InChI is InChI=1S/C30H30N4O3/c35-19-4-10-27(36)33(22-15-16-22)28-23-6-1-2-8-25(23)34(26-9-3-7-24(26)28)30(37)21-13-11-20(12-14-21)29-31-17-5-18-32-29/h1-2,5-6,8,11-14,17-19,22,24,26,28H,3-4,7,9-10,15-16H2. The molecule has 0 N–H and O–H groups in total. The number of benzene rings is 2. The van der Waals surface area contributed by atoms with E-state index >= 15 is 0 Å². The molecule has 37 heavy (non-hydrogen) atoms. The molecule has 3 unspecified atom stereocenters. The minimum atomic E-state index is -0.0583. The van der Waals surface area contributed by atoms with Crippen LogP contribution in [0.3, 0.4) is 0 Å². The van der Waals surface area contributed by atoms with Crippen LogP contribution in [0.1, 0.15) is 66.9 Å². The fraction of sp³-hybridized carbons (Fsp3) is 0.367. The average Bonchev–Trinajstić information content (AvgIpc) is 3.67. The van der Waals surface area contributed by atoms with Gasteiger partial charge in [-0.15, -0.1) is 0 Å². The van der Waals surface area contributed by atoms with E-state index in [1.165, 1.54) is 0 Å². The highest BCUT2D eigenvalue weighted by atomic mass is 16.2. The zero-order valence-corrected chi connectivity index (χ0v) is 20.7. The minimum absolute atomic E-state index is 0.0198. The molecular weight excluding hydrogens is 464 g/mol. The van der Waals surface area contributed by atoms with Crippen molar-refractivity contribution in [2.24, 2.45) is 5.92 Å². The lowest BCUT2D eigenvalue weighted by atomic mass is 9.81. The van der Waals surface area contributed by atoms with Crippen molar-refractivity contribution in [2.75, 3.05) is 4.90 Å². The molecule has 2 aromatic carbocycles. The SMILES string of the molecule is O=CCCC(=O)N(C1CC1)C1c2ccccc2N(C(=O)c2ccc(-c3ncccn3)cc2)C2CCCC21. The largest absolute Gasteiger partial charge is 0.332 e. The Morgan fingerprint density at radius 2 is 1.70 bits per heavy atom. The molecule has 2 aliphatic carbocycles. The van der Waals surface area contributed by atoms with Gasteiger partial charge in [0.2, 0.25) is 5.91 Å². The quantitative estimate of drug-likeness (QED) is 0.433. The van der Waals surface area contributed by atoms with Gasteiger partial charge in [-0.2, -0.15) is 0 Å². The maximum atomic E-state index is 14.0. The lowest BCUT2D eigenvalue weighted by molar-refractivity contribution is -0.136. The Balaban J connectivity index is 1.36. The number of fused-ring (bicyclic) bond motifs is 2. The Bertz CT molecular complexity index is 1310. The van der Waals surface area contributed by atoms with E-state index in [-0.39, 0.29) is 48.7 Å². The highest BCUT2D eigenvalue weighted by Gasteiger charge is 2.51. The molecule has 2 saturated carbocycles. The van der Waals surface area contributed by atoms with Crippen LogP contribution in [-0.4, -0.2) is 45.1 Å². The molecule has 2 heterocycles. The molecule has 0 spiro atoms. The van der Waals surface area contributed by atoms with Crippen LogP contribution in [0.15, 0.2) is 67.0 Å². The number of aldehydes is 1. The number of hydrogen-bond acceptors (Lipinski definition) is 5. The van der Waals surface area contributed by atoms with Crippen LogP contribution in [0.2, 0.25) is 0 Å². The number of anilines is 1. The topological polar surface area (TPSA) is 83.5 Å². The maximum absolute atomic E-state index is 14.0. The first-order valence-corrected chi connectivity index (χ1v) is 13.2. The molecule has 0 radical (unpaired) electrons. The zero-order chi connectivity index (χ0) is 25.4. The summed E-state index contributed by atoms with van der Waals surface area (Å²) in [6, 6.07) is 17.5. The normalized spacial score (nSPS) is 22.2. The van der Waals surface area contributed by atoms with Gasteiger partial charge in [0, 0.05) is 60.1 Å². The summed E-state index contributed by atoms with van der Waals surface area (Å²) in [5, 5.41) is 0. The van der Waals surface area contributed by atoms with Gasteiger partial charge in [0.1, 0.15) is 6.29 Å². The first-order chi connectivity index (χ1) is 18.2. The molecule has 1 aliphatic heterocycles. The summed E-state index contributed by atoms with van der Waals surface area (Å²) < 4.78 is 0. The van der Waals surface area contributed by atoms with Gasteiger partial charge in [-0.25, -0.2) is 9.97 Å². The number of para-hydroxylation sites is 1. The lowest BCUT2D eigenvalue weighted by Gasteiger charge is -2.48. The van der Waals surface area contributed by atoms with E-state index in [0.717, 1.165) is 55.2 Å². The molecule has 188 valence electrons. The van der Waals surface area contributed by atoms with Crippen molar-refractivity contribution in [2.45, 2.75) is 63.1 Å². The van der Waals surface area contributed by atoms with Gasteiger partial charge in [-0.3, -0.25) is 9.59 Å². The Hall–Kier alpha value is -3.87. The van der Waals surface area contributed by atoms with Gasteiger partial charge in [-0.1, -0.05) is 36.8 Å². The van der Waals surface area contributed by atoms with Crippen LogP contribution in [0.4, 0.5) is 5.69 Å². The highest BCUT2D eigenvalue weighted by molar-refractivity contribution is 6.07.